The van der Waals surface area contributed by atoms with Crippen molar-refractivity contribution in [2.75, 3.05) is 7.11 Å². The Kier molecular flexibility index (Phi) is 4.45. The molecule has 1 aromatic rings. The van der Waals surface area contributed by atoms with Gasteiger partial charge in [-0.2, -0.15) is 0 Å². The number of methoxy groups -OCH3 is 1. The van der Waals surface area contributed by atoms with E-state index < -0.39 is 11.9 Å². The van der Waals surface area contributed by atoms with Crippen molar-refractivity contribution in [2.45, 2.75) is 39.5 Å². The van der Waals surface area contributed by atoms with Crippen molar-refractivity contribution in [3.8, 4) is 0 Å². The van der Waals surface area contributed by atoms with Gasteiger partial charge in [-0.25, -0.2) is 4.79 Å². The summed E-state index contributed by atoms with van der Waals surface area (Å²) in [7, 11) is 1.34. The van der Waals surface area contributed by atoms with Crippen LogP contribution < -0.4 is 5.32 Å². The van der Waals surface area contributed by atoms with Crippen LogP contribution in [0.25, 0.3) is 0 Å². The summed E-state index contributed by atoms with van der Waals surface area (Å²) in [5.41, 5.74) is 3.15. The number of carbonyl (C=O) groups excluding carboxylic acids is 2. The third-order valence-corrected chi connectivity index (χ3v) is 5.08. The first-order valence-electron chi connectivity index (χ1n) is 8.17. The summed E-state index contributed by atoms with van der Waals surface area (Å²) in [5.74, 6) is -0.972. The van der Waals surface area contributed by atoms with Crippen molar-refractivity contribution in [1.29, 1.82) is 0 Å². The molecule has 1 atom stereocenters. The van der Waals surface area contributed by atoms with Crippen molar-refractivity contribution in [3.63, 3.8) is 0 Å². The fourth-order valence-corrected chi connectivity index (χ4v) is 3.98. The second kappa shape index (κ2) is 6.30. The maximum atomic E-state index is 13.0. The van der Waals surface area contributed by atoms with Gasteiger partial charge < -0.3 is 10.1 Å². The molecule has 132 valence electrons. The third-order valence-electron chi connectivity index (χ3n) is 4.76. The maximum Gasteiger partial charge on any atom is 0.336 e. The number of halogens is 1. The van der Waals surface area contributed by atoms with Crippen LogP contribution in [0.2, 0.25) is 5.02 Å². The molecule has 1 aliphatic heterocycles. The number of aromatic nitrogens is 1. The van der Waals surface area contributed by atoms with E-state index >= 15 is 0 Å². The van der Waals surface area contributed by atoms with Gasteiger partial charge in [-0.3, -0.25) is 9.78 Å². The van der Waals surface area contributed by atoms with Crippen LogP contribution in [0.15, 0.2) is 41.0 Å². The molecule has 2 aliphatic rings. The van der Waals surface area contributed by atoms with Gasteiger partial charge in [0.15, 0.2) is 5.78 Å². The van der Waals surface area contributed by atoms with E-state index in [4.69, 9.17) is 16.3 Å². The van der Waals surface area contributed by atoms with Gasteiger partial charge in [0, 0.05) is 41.7 Å². The molecule has 1 aromatic heterocycles. The summed E-state index contributed by atoms with van der Waals surface area (Å²) in [4.78, 5) is 29.5. The molecule has 3 rings (SSSR count). The van der Waals surface area contributed by atoms with Crippen molar-refractivity contribution in [3.05, 3.63) is 51.6 Å². The van der Waals surface area contributed by atoms with Crippen LogP contribution in [0.3, 0.4) is 0 Å². The molecule has 0 aromatic carbocycles. The number of nitrogens with one attached hydrogen (secondary N) is 1. The number of pyridine rings is 1. The molecule has 2 heterocycles. The average molecular weight is 361 g/mol. The maximum absolute atomic E-state index is 13.0. The number of allylic oxidation sites excluding steroid dienone is 3. The second-order valence-electron chi connectivity index (χ2n) is 7.32. The number of rotatable bonds is 2. The van der Waals surface area contributed by atoms with E-state index in [1.807, 2.05) is 6.92 Å². The Morgan fingerprint density at radius 1 is 1.40 bits per heavy atom. The molecule has 0 saturated heterocycles. The van der Waals surface area contributed by atoms with Gasteiger partial charge in [0.1, 0.15) is 0 Å². The topological polar surface area (TPSA) is 68.3 Å². The normalized spacial score (nSPS) is 22.4. The van der Waals surface area contributed by atoms with Crippen molar-refractivity contribution >= 4 is 23.4 Å². The number of hydrogen-bond donors (Lipinski definition) is 1. The van der Waals surface area contributed by atoms with E-state index in [9.17, 15) is 9.59 Å². The number of hydrogen-bond acceptors (Lipinski definition) is 5. The molecule has 0 bridgehead atoms. The van der Waals surface area contributed by atoms with Crippen LogP contribution >= 0.6 is 11.6 Å². The Bertz CT molecular complexity index is 824. The number of Topliss-reactive ketones (excluding diaryl/α,β-unsaturated/α-hetero) is 1. The lowest BCUT2D eigenvalue weighted by molar-refractivity contribution is -0.136. The molecular formula is C19H21ClN2O3. The fourth-order valence-electron chi connectivity index (χ4n) is 3.75. The number of nitrogens with zero attached hydrogens (tertiary/aromatic N) is 1. The largest absolute Gasteiger partial charge is 0.466 e. The van der Waals surface area contributed by atoms with Crippen LogP contribution in [0.4, 0.5) is 0 Å². The summed E-state index contributed by atoms with van der Waals surface area (Å²) in [6.07, 6.45) is 4.31. The summed E-state index contributed by atoms with van der Waals surface area (Å²) in [6.45, 7) is 5.96. The molecule has 25 heavy (non-hydrogen) atoms. The molecule has 1 aliphatic carbocycles. The highest BCUT2D eigenvalue weighted by Crippen LogP contribution is 2.47. The molecule has 0 fully saturated rings. The molecule has 0 spiro atoms. The van der Waals surface area contributed by atoms with Crippen LogP contribution in [0.5, 0.6) is 0 Å². The number of ether oxygens (including phenoxy) is 1. The zero-order chi connectivity index (χ0) is 18.4. The van der Waals surface area contributed by atoms with Crippen LogP contribution in [-0.4, -0.2) is 23.8 Å². The molecule has 1 N–H and O–H groups in total. The lowest BCUT2D eigenvalue weighted by Gasteiger charge is -2.39. The third kappa shape index (κ3) is 3.09. The molecular weight excluding hydrogens is 340 g/mol. The minimum absolute atomic E-state index is 0.0329. The lowest BCUT2D eigenvalue weighted by atomic mass is 9.68. The Labute approximate surface area is 152 Å². The Morgan fingerprint density at radius 2 is 2.12 bits per heavy atom. The van der Waals surface area contributed by atoms with E-state index in [0.29, 0.717) is 33.9 Å². The predicted molar refractivity (Wildman–Crippen MR) is 94.9 cm³/mol. The molecule has 0 saturated carbocycles. The minimum Gasteiger partial charge on any atom is -0.466 e. The lowest BCUT2D eigenvalue weighted by Crippen LogP contribution is -2.38. The predicted octanol–water partition coefficient (Wildman–Crippen LogP) is 3.51. The summed E-state index contributed by atoms with van der Waals surface area (Å²) in [6, 6.07) is 1.76. The van der Waals surface area contributed by atoms with Gasteiger partial charge in [-0.1, -0.05) is 25.4 Å². The van der Waals surface area contributed by atoms with Gasteiger partial charge in [0.25, 0.3) is 0 Å². The van der Waals surface area contributed by atoms with Crippen molar-refractivity contribution in [2.24, 2.45) is 5.41 Å². The summed E-state index contributed by atoms with van der Waals surface area (Å²) < 4.78 is 4.98. The second-order valence-corrected chi connectivity index (χ2v) is 7.73. The molecule has 0 radical (unpaired) electrons. The zero-order valence-corrected chi connectivity index (χ0v) is 15.5. The summed E-state index contributed by atoms with van der Waals surface area (Å²) >= 11 is 6.36. The monoisotopic (exact) mass is 360 g/mol. The van der Waals surface area contributed by atoms with E-state index in [1.54, 1.807) is 12.3 Å². The molecule has 0 unspecified atom stereocenters. The van der Waals surface area contributed by atoms with E-state index in [-0.39, 0.29) is 11.2 Å². The SMILES string of the molecule is COC(=O)C1=C(C)NC2=C(C(=O)CC(C)(C)C2)[C@@H]1c1ccncc1Cl. The average Bonchev–Trinajstić information content (AvgIpc) is 2.52. The highest BCUT2D eigenvalue weighted by Gasteiger charge is 2.43. The number of ketones is 1. The van der Waals surface area contributed by atoms with Crippen molar-refractivity contribution in [1.82, 2.24) is 10.3 Å². The Balaban J connectivity index is 2.24. The summed E-state index contributed by atoms with van der Waals surface area (Å²) in [5, 5.41) is 3.69. The minimum atomic E-state index is -0.539. The molecule has 5 nitrogen and oxygen atoms in total. The Morgan fingerprint density at radius 3 is 2.76 bits per heavy atom. The quantitative estimate of drug-likeness (QED) is 0.817. The van der Waals surface area contributed by atoms with Gasteiger partial charge in [-0.15, -0.1) is 0 Å². The van der Waals surface area contributed by atoms with Crippen LogP contribution in [0, 0.1) is 5.41 Å². The van der Waals surface area contributed by atoms with E-state index in [0.717, 1.165) is 12.1 Å². The Hall–Kier alpha value is -2.14. The van der Waals surface area contributed by atoms with Crippen LogP contribution in [0.1, 0.15) is 45.1 Å². The first kappa shape index (κ1) is 17.7. The van der Waals surface area contributed by atoms with E-state index in [2.05, 4.69) is 24.1 Å². The van der Waals surface area contributed by atoms with Gasteiger partial charge >= 0.3 is 5.97 Å². The highest BCUT2D eigenvalue weighted by atomic mass is 35.5. The zero-order valence-electron chi connectivity index (χ0n) is 14.8. The first-order valence-corrected chi connectivity index (χ1v) is 8.54. The number of dihydropyridines is 1. The smallest absolute Gasteiger partial charge is 0.336 e. The van der Waals surface area contributed by atoms with E-state index in [1.165, 1.54) is 13.3 Å². The molecule has 6 heteroatoms. The highest BCUT2D eigenvalue weighted by molar-refractivity contribution is 6.31. The van der Waals surface area contributed by atoms with Crippen LogP contribution in [-0.2, 0) is 14.3 Å². The van der Waals surface area contributed by atoms with Gasteiger partial charge in [0.2, 0.25) is 0 Å². The fraction of sp³-hybridized carbons (Fsp3) is 0.421. The van der Waals surface area contributed by atoms with Gasteiger partial charge in [-0.05, 0) is 30.4 Å². The first-order chi connectivity index (χ1) is 11.7. The van der Waals surface area contributed by atoms with Crippen molar-refractivity contribution < 1.29 is 14.3 Å². The van der Waals surface area contributed by atoms with Gasteiger partial charge in [0.05, 0.1) is 17.7 Å². The number of carbonyl (C=O) groups is 2. The standard InChI is InChI=1S/C19H21ClN2O3/c1-10-15(18(24)25-4)16(11-5-6-21-9-12(11)20)17-13(22-10)7-19(2,3)8-14(17)23/h5-6,9,16,22H,7-8H2,1-4H3/t16-/m1/s1. The molecule has 0 amide bonds. The number of esters is 1.